The molecule has 1 fully saturated rings. The largest absolute Gasteiger partial charge is 0.353 e. The number of aromatic nitrogens is 3. The summed E-state index contributed by atoms with van der Waals surface area (Å²) in [5.41, 5.74) is 1.47. The lowest BCUT2D eigenvalue weighted by atomic mass is 10.2. The SMILES string of the molecule is Cc1[nH]ncc1C(=O)N1CCN(c2ccc(Br)cn2)CC1. The summed E-state index contributed by atoms with van der Waals surface area (Å²) in [6.45, 7) is 4.83. The molecule has 1 amide bonds. The highest BCUT2D eigenvalue weighted by Gasteiger charge is 2.24. The molecule has 110 valence electrons. The highest BCUT2D eigenvalue weighted by molar-refractivity contribution is 9.10. The average molecular weight is 350 g/mol. The van der Waals surface area contributed by atoms with Crippen LogP contribution >= 0.6 is 15.9 Å². The number of pyridine rings is 1. The summed E-state index contributed by atoms with van der Waals surface area (Å²) < 4.78 is 0.968. The first-order valence-corrected chi connectivity index (χ1v) is 7.60. The van der Waals surface area contributed by atoms with E-state index in [1.807, 2.05) is 24.0 Å². The van der Waals surface area contributed by atoms with Crippen molar-refractivity contribution in [3.63, 3.8) is 0 Å². The first-order valence-electron chi connectivity index (χ1n) is 6.81. The molecule has 1 aliphatic rings. The maximum absolute atomic E-state index is 12.4. The zero-order valence-corrected chi connectivity index (χ0v) is 13.3. The molecule has 0 radical (unpaired) electrons. The lowest BCUT2D eigenvalue weighted by Gasteiger charge is -2.35. The maximum atomic E-state index is 12.4. The Bertz CT molecular complexity index is 631. The molecule has 0 unspecified atom stereocenters. The molecule has 21 heavy (non-hydrogen) atoms. The van der Waals surface area contributed by atoms with Crippen molar-refractivity contribution in [3.05, 3.63) is 40.3 Å². The minimum atomic E-state index is 0.0460. The molecule has 1 aliphatic heterocycles. The van der Waals surface area contributed by atoms with Gasteiger partial charge in [0, 0.05) is 42.5 Å². The van der Waals surface area contributed by atoms with E-state index >= 15 is 0 Å². The van der Waals surface area contributed by atoms with E-state index in [9.17, 15) is 4.79 Å². The van der Waals surface area contributed by atoms with Gasteiger partial charge in [-0.3, -0.25) is 9.89 Å². The molecular formula is C14H16BrN5O. The van der Waals surface area contributed by atoms with Crippen molar-refractivity contribution in [2.75, 3.05) is 31.1 Å². The highest BCUT2D eigenvalue weighted by Crippen LogP contribution is 2.17. The van der Waals surface area contributed by atoms with Gasteiger partial charge in [0.2, 0.25) is 0 Å². The number of nitrogens with one attached hydrogen (secondary N) is 1. The fourth-order valence-electron chi connectivity index (χ4n) is 2.43. The standard InChI is InChI=1S/C14H16BrN5O/c1-10-12(9-17-18-10)14(21)20-6-4-19(5-7-20)13-3-2-11(15)8-16-13/h2-3,8-9H,4-7H2,1H3,(H,17,18). The number of halogens is 1. The first kappa shape index (κ1) is 14.1. The number of anilines is 1. The number of H-pyrrole nitrogens is 1. The van der Waals surface area contributed by atoms with Gasteiger partial charge in [0.1, 0.15) is 5.82 Å². The van der Waals surface area contributed by atoms with Crippen LogP contribution in [0.1, 0.15) is 16.1 Å². The second kappa shape index (κ2) is 5.85. The van der Waals surface area contributed by atoms with E-state index in [1.54, 1.807) is 12.4 Å². The Balaban J connectivity index is 1.64. The van der Waals surface area contributed by atoms with Crippen molar-refractivity contribution in [1.82, 2.24) is 20.1 Å². The van der Waals surface area contributed by atoms with Gasteiger partial charge in [0.15, 0.2) is 0 Å². The van der Waals surface area contributed by atoms with Crippen LogP contribution in [-0.2, 0) is 0 Å². The number of hydrogen-bond acceptors (Lipinski definition) is 4. The Morgan fingerprint density at radius 1 is 1.24 bits per heavy atom. The third-order valence-electron chi connectivity index (χ3n) is 3.66. The zero-order valence-electron chi connectivity index (χ0n) is 11.7. The Morgan fingerprint density at radius 3 is 2.57 bits per heavy atom. The fourth-order valence-corrected chi connectivity index (χ4v) is 2.66. The molecule has 6 nitrogen and oxygen atoms in total. The van der Waals surface area contributed by atoms with Crippen LogP contribution in [0.5, 0.6) is 0 Å². The number of carbonyl (C=O) groups excluding carboxylic acids is 1. The van der Waals surface area contributed by atoms with Crippen LogP contribution in [-0.4, -0.2) is 52.2 Å². The Hall–Kier alpha value is -1.89. The monoisotopic (exact) mass is 349 g/mol. The van der Waals surface area contributed by atoms with E-state index in [0.717, 1.165) is 29.1 Å². The summed E-state index contributed by atoms with van der Waals surface area (Å²) in [6, 6.07) is 3.97. The quantitative estimate of drug-likeness (QED) is 0.898. The van der Waals surface area contributed by atoms with Crippen LogP contribution in [0.4, 0.5) is 5.82 Å². The molecule has 7 heteroatoms. The third kappa shape index (κ3) is 2.92. The number of hydrogen-bond donors (Lipinski definition) is 1. The topological polar surface area (TPSA) is 65.1 Å². The predicted octanol–water partition coefficient (Wildman–Crippen LogP) is 1.84. The first-order chi connectivity index (χ1) is 10.1. The van der Waals surface area contributed by atoms with Crippen LogP contribution in [0.15, 0.2) is 29.0 Å². The lowest BCUT2D eigenvalue weighted by Crippen LogP contribution is -2.49. The van der Waals surface area contributed by atoms with Crippen molar-refractivity contribution in [2.45, 2.75) is 6.92 Å². The van der Waals surface area contributed by atoms with Gasteiger partial charge in [-0.05, 0) is 35.0 Å². The summed E-state index contributed by atoms with van der Waals surface area (Å²) in [5.74, 6) is 0.995. The smallest absolute Gasteiger partial charge is 0.257 e. The minimum Gasteiger partial charge on any atom is -0.353 e. The third-order valence-corrected chi connectivity index (χ3v) is 4.13. The molecule has 3 rings (SSSR count). The van der Waals surface area contributed by atoms with E-state index in [0.29, 0.717) is 18.7 Å². The molecular weight excluding hydrogens is 334 g/mol. The van der Waals surface area contributed by atoms with Gasteiger partial charge in [-0.2, -0.15) is 5.10 Å². The zero-order chi connectivity index (χ0) is 14.8. The molecule has 2 aromatic heterocycles. The van der Waals surface area contributed by atoms with Gasteiger partial charge in [-0.25, -0.2) is 4.98 Å². The number of piperazine rings is 1. The van der Waals surface area contributed by atoms with E-state index in [-0.39, 0.29) is 5.91 Å². The Morgan fingerprint density at radius 2 is 2.00 bits per heavy atom. The number of carbonyl (C=O) groups is 1. The van der Waals surface area contributed by atoms with E-state index in [2.05, 4.69) is 36.0 Å². The molecule has 0 aromatic carbocycles. The molecule has 0 spiro atoms. The second-order valence-corrected chi connectivity index (χ2v) is 5.94. The predicted molar refractivity (Wildman–Crippen MR) is 83.4 cm³/mol. The van der Waals surface area contributed by atoms with Gasteiger partial charge < -0.3 is 9.80 Å². The fraction of sp³-hybridized carbons (Fsp3) is 0.357. The van der Waals surface area contributed by atoms with Crippen molar-refractivity contribution in [3.8, 4) is 0 Å². The van der Waals surface area contributed by atoms with E-state index in [4.69, 9.17) is 0 Å². The number of amides is 1. The summed E-state index contributed by atoms with van der Waals surface area (Å²) in [5, 5.41) is 6.72. The summed E-state index contributed by atoms with van der Waals surface area (Å²) in [7, 11) is 0. The van der Waals surface area contributed by atoms with Gasteiger partial charge in [0.25, 0.3) is 5.91 Å². The lowest BCUT2D eigenvalue weighted by molar-refractivity contribution is 0.0746. The van der Waals surface area contributed by atoms with Gasteiger partial charge in [-0.1, -0.05) is 0 Å². The normalized spacial score (nSPS) is 15.3. The summed E-state index contributed by atoms with van der Waals surface area (Å²) >= 11 is 3.38. The minimum absolute atomic E-state index is 0.0460. The number of nitrogens with zero attached hydrogens (tertiary/aromatic N) is 4. The van der Waals surface area contributed by atoms with Crippen molar-refractivity contribution >= 4 is 27.7 Å². The van der Waals surface area contributed by atoms with Crippen LogP contribution in [0, 0.1) is 6.92 Å². The molecule has 0 saturated carbocycles. The van der Waals surface area contributed by atoms with Gasteiger partial charge in [-0.15, -0.1) is 0 Å². The molecule has 0 atom stereocenters. The molecule has 1 N–H and O–H groups in total. The van der Waals surface area contributed by atoms with Gasteiger partial charge in [0.05, 0.1) is 11.8 Å². The number of aryl methyl sites for hydroxylation is 1. The van der Waals surface area contributed by atoms with Crippen LogP contribution in [0.25, 0.3) is 0 Å². The average Bonchev–Trinajstić information content (AvgIpc) is 2.94. The maximum Gasteiger partial charge on any atom is 0.257 e. The Kier molecular flexibility index (Phi) is 3.92. The highest BCUT2D eigenvalue weighted by atomic mass is 79.9. The molecule has 2 aromatic rings. The number of aromatic amines is 1. The Labute approximate surface area is 131 Å². The van der Waals surface area contributed by atoms with Crippen molar-refractivity contribution < 1.29 is 4.79 Å². The summed E-state index contributed by atoms with van der Waals surface area (Å²) in [4.78, 5) is 20.9. The molecule has 0 bridgehead atoms. The van der Waals surface area contributed by atoms with Crippen molar-refractivity contribution in [1.29, 1.82) is 0 Å². The van der Waals surface area contributed by atoms with E-state index < -0.39 is 0 Å². The van der Waals surface area contributed by atoms with Crippen LogP contribution in [0.2, 0.25) is 0 Å². The molecule has 3 heterocycles. The summed E-state index contributed by atoms with van der Waals surface area (Å²) in [6.07, 6.45) is 3.39. The van der Waals surface area contributed by atoms with E-state index in [1.165, 1.54) is 0 Å². The number of rotatable bonds is 2. The van der Waals surface area contributed by atoms with Crippen LogP contribution < -0.4 is 4.90 Å². The van der Waals surface area contributed by atoms with Gasteiger partial charge >= 0.3 is 0 Å². The van der Waals surface area contributed by atoms with Crippen LogP contribution in [0.3, 0.4) is 0 Å². The molecule has 0 aliphatic carbocycles. The molecule has 1 saturated heterocycles. The second-order valence-electron chi connectivity index (χ2n) is 5.02. The van der Waals surface area contributed by atoms with Crippen molar-refractivity contribution in [2.24, 2.45) is 0 Å².